The van der Waals surface area contributed by atoms with Crippen LogP contribution in [0, 0.1) is 13.8 Å². The fourth-order valence-electron chi connectivity index (χ4n) is 2.61. The van der Waals surface area contributed by atoms with Gasteiger partial charge in [0.15, 0.2) is 5.16 Å². The van der Waals surface area contributed by atoms with E-state index in [2.05, 4.69) is 10.3 Å². The lowest BCUT2D eigenvalue weighted by molar-refractivity contribution is -0.113. The number of ether oxygens (including phenoxy) is 1. The van der Waals surface area contributed by atoms with Gasteiger partial charge in [0.2, 0.25) is 5.91 Å². The lowest BCUT2D eigenvalue weighted by Gasteiger charge is -2.09. The average molecular weight is 404 g/mol. The molecule has 0 atom stereocenters. The Morgan fingerprint density at radius 3 is 2.67 bits per heavy atom. The SMILES string of the molecule is CCOc1ccc(NC(=O)CSc2nc3sc(C)c(C)c3c(=O)n2C)cc1. The van der Waals surface area contributed by atoms with Gasteiger partial charge in [-0.15, -0.1) is 11.3 Å². The van der Waals surface area contributed by atoms with E-state index in [0.717, 1.165) is 21.0 Å². The molecule has 0 bridgehead atoms. The van der Waals surface area contributed by atoms with E-state index >= 15 is 0 Å². The average Bonchev–Trinajstić information content (AvgIpc) is 2.93. The summed E-state index contributed by atoms with van der Waals surface area (Å²) in [4.78, 5) is 31.2. The highest BCUT2D eigenvalue weighted by Gasteiger charge is 2.15. The summed E-state index contributed by atoms with van der Waals surface area (Å²) >= 11 is 2.76. The molecule has 1 aromatic carbocycles. The molecule has 3 rings (SSSR count). The molecule has 27 heavy (non-hydrogen) atoms. The van der Waals surface area contributed by atoms with E-state index in [4.69, 9.17) is 4.74 Å². The van der Waals surface area contributed by atoms with Gasteiger partial charge >= 0.3 is 0 Å². The van der Waals surface area contributed by atoms with Crippen molar-refractivity contribution >= 4 is 44.9 Å². The summed E-state index contributed by atoms with van der Waals surface area (Å²) in [6, 6.07) is 7.22. The summed E-state index contributed by atoms with van der Waals surface area (Å²) < 4.78 is 6.89. The van der Waals surface area contributed by atoms with Gasteiger partial charge in [-0.25, -0.2) is 4.98 Å². The van der Waals surface area contributed by atoms with Crippen LogP contribution in [0.4, 0.5) is 5.69 Å². The predicted molar refractivity (Wildman–Crippen MR) is 111 cm³/mol. The molecule has 0 spiro atoms. The van der Waals surface area contributed by atoms with Crippen LogP contribution in [0.1, 0.15) is 17.4 Å². The highest BCUT2D eigenvalue weighted by molar-refractivity contribution is 7.99. The minimum Gasteiger partial charge on any atom is -0.494 e. The molecular weight excluding hydrogens is 382 g/mol. The smallest absolute Gasteiger partial charge is 0.262 e. The Morgan fingerprint density at radius 2 is 2.00 bits per heavy atom. The Morgan fingerprint density at radius 1 is 1.30 bits per heavy atom. The summed E-state index contributed by atoms with van der Waals surface area (Å²) in [6.07, 6.45) is 0. The molecule has 1 amide bonds. The second-order valence-corrected chi connectivity index (χ2v) is 8.16. The van der Waals surface area contributed by atoms with Crippen LogP contribution in [0.5, 0.6) is 5.75 Å². The highest BCUT2D eigenvalue weighted by Crippen LogP contribution is 2.28. The molecule has 142 valence electrons. The van der Waals surface area contributed by atoms with Gasteiger partial charge in [0, 0.05) is 17.6 Å². The molecule has 0 aliphatic heterocycles. The number of amides is 1. The monoisotopic (exact) mass is 403 g/mol. The molecule has 2 aromatic heterocycles. The predicted octanol–water partition coefficient (Wildman–Crippen LogP) is 3.74. The maximum atomic E-state index is 12.6. The number of fused-ring (bicyclic) bond motifs is 1. The summed E-state index contributed by atoms with van der Waals surface area (Å²) in [7, 11) is 1.69. The van der Waals surface area contributed by atoms with E-state index in [1.54, 1.807) is 19.2 Å². The normalized spacial score (nSPS) is 11.0. The first-order chi connectivity index (χ1) is 12.9. The van der Waals surface area contributed by atoms with Gasteiger partial charge in [0.05, 0.1) is 17.7 Å². The van der Waals surface area contributed by atoms with Gasteiger partial charge in [-0.2, -0.15) is 0 Å². The summed E-state index contributed by atoms with van der Waals surface area (Å²) in [5, 5.41) is 4.05. The third-order valence-electron chi connectivity index (χ3n) is 4.15. The number of hydrogen-bond donors (Lipinski definition) is 1. The molecule has 0 radical (unpaired) electrons. The number of aromatic nitrogens is 2. The van der Waals surface area contributed by atoms with E-state index in [-0.39, 0.29) is 17.2 Å². The van der Waals surface area contributed by atoms with Crippen LogP contribution in [-0.4, -0.2) is 27.8 Å². The zero-order chi connectivity index (χ0) is 19.6. The molecule has 1 N–H and O–H groups in total. The topological polar surface area (TPSA) is 73.2 Å². The van der Waals surface area contributed by atoms with E-state index in [1.165, 1.54) is 27.7 Å². The molecule has 0 aliphatic rings. The van der Waals surface area contributed by atoms with Crippen LogP contribution >= 0.6 is 23.1 Å². The van der Waals surface area contributed by atoms with Crippen molar-refractivity contribution in [2.75, 3.05) is 17.7 Å². The van der Waals surface area contributed by atoms with Crippen LogP contribution in [0.15, 0.2) is 34.2 Å². The molecule has 8 heteroatoms. The number of thiophene rings is 1. The largest absolute Gasteiger partial charge is 0.494 e. The molecule has 0 fully saturated rings. The zero-order valence-corrected chi connectivity index (χ0v) is 17.3. The fourth-order valence-corrected chi connectivity index (χ4v) is 4.46. The number of nitrogens with one attached hydrogen (secondary N) is 1. The Labute approximate surface area is 165 Å². The van der Waals surface area contributed by atoms with Crippen molar-refractivity contribution in [1.29, 1.82) is 0 Å². The number of hydrogen-bond acceptors (Lipinski definition) is 6. The van der Waals surface area contributed by atoms with Crippen LogP contribution in [-0.2, 0) is 11.8 Å². The van der Waals surface area contributed by atoms with Gasteiger partial charge < -0.3 is 10.1 Å². The molecule has 0 saturated heterocycles. The summed E-state index contributed by atoms with van der Waals surface area (Å²) in [6.45, 7) is 6.44. The Bertz CT molecular complexity index is 1040. The maximum absolute atomic E-state index is 12.6. The van der Waals surface area contributed by atoms with Crippen molar-refractivity contribution in [1.82, 2.24) is 9.55 Å². The molecule has 2 heterocycles. The maximum Gasteiger partial charge on any atom is 0.262 e. The van der Waals surface area contributed by atoms with Crippen molar-refractivity contribution in [3.8, 4) is 5.75 Å². The van der Waals surface area contributed by atoms with Gasteiger partial charge in [0.25, 0.3) is 5.56 Å². The number of benzene rings is 1. The van der Waals surface area contributed by atoms with Crippen LogP contribution in [0.3, 0.4) is 0 Å². The first-order valence-corrected chi connectivity index (χ1v) is 10.3. The number of aryl methyl sites for hydroxylation is 2. The number of thioether (sulfide) groups is 1. The van der Waals surface area contributed by atoms with Crippen molar-refractivity contribution in [3.63, 3.8) is 0 Å². The molecule has 0 saturated carbocycles. The van der Waals surface area contributed by atoms with E-state index < -0.39 is 0 Å². The van der Waals surface area contributed by atoms with Gasteiger partial charge in [-0.05, 0) is 50.6 Å². The van der Waals surface area contributed by atoms with Crippen molar-refractivity contribution in [2.45, 2.75) is 25.9 Å². The first kappa shape index (κ1) is 19.4. The highest BCUT2D eigenvalue weighted by atomic mass is 32.2. The van der Waals surface area contributed by atoms with Crippen LogP contribution in [0.2, 0.25) is 0 Å². The number of carbonyl (C=O) groups is 1. The quantitative estimate of drug-likeness (QED) is 0.501. The number of nitrogens with zero attached hydrogens (tertiary/aromatic N) is 2. The standard InChI is InChI=1S/C19H21N3O3S2/c1-5-25-14-8-6-13(7-9-14)20-15(23)10-26-19-21-17-16(18(24)22(19)4)11(2)12(3)27-17/h6-9H,5,10H2,1-4H3,(H,20,23). The van der Waals surface area contributed by atoms with E-state index in [1.807, 2.05) is 32.9 Å². The molecule has 3 aromatic rings. The lowest BCUT2D eigenvalue weighted by atomic mass is 10.2. The first-order valence-electron chi connectivity index (χ1n) is 8.53. The Kier molecular flexibility index (Phi) is 5.86. The van der Waals surface area contributed by atoms with E-state index in [0.29, 0.717) is 22.8 Å². The van der Waals surface area contributed by atoms with Gasteiger partial charge in [-0.3, -0.25) is 14.2 Å². The Hall–Kier alpha value is -2.32. The number of carbonyl (C=O) groups excluding carboxylic acids is 1. The Balaban J connectivity index is 1.70. The fraction of sp³-hybridized carbons (Fsp3) is 0.316. The third kappa shape index (κ3) is 4.17. The molecule has 0 unspecified atom stereocenters. The minimum absolute atomic E-state index is 0.0729. The third-order valence-corrected chi connectivity index (χ3v) is 6.28. The van der Waals surface area contributed by atoms with Gasteiger partial charge in [0.1, 0.15) is 10.6 Å². The second kappa shape index (κ2) is 8.14. The van der Waals surface area contributed by atoms with Crippen molar-refractivity contribution < 1.29 is 9.53 Å². The summed E-state index contributed by atoms with van der Waals surface area (Å²) in [5.74, 6) is 0.776. The van der Waals surface area contributed by atoms with Crippen molar-refractivity contribution in [2.24, 2.45) is 7.05 Å². The minimum atomic E-state index is -0.156. The molecule has 6 nitrogen and oxygen atoms in total. The second-order valence-electron chi connectivity index (χ2n) is 6.02. The van der Waals surface area contributed by atoms with Crippen LogP contribution < -0.4 is 15.6 Å². The number of anilines is 1. The van der Waals surface area contributed by atoms with Crippen molar-refractivity contribution in [3.05, 3.63) is 45.1 Å². The zero-order valence-electron chi connectivity index (χ0n) is 15.7. The van der Waals surface area contributed by atoms with Crippen LogP contribution in [0.25, 0.3) is 10.2 Å². The lowest BCUT2D eigenvalue weighted by Crippen LogP contribution is -2.21. The van der Waals surface area contributed by atoms with E-state index in [9.17, 15) is 9.59 Å². The van der Waals surface area contributed by atoms with Gasteiger partial charge in [-0.1, -0.05) is 11.8 Å². The summed E-state index contributed by atoms with van der Waals surface area (Å²) in [5.41, 5.74) is 1.61. The molecular formula is C19H21N3O3S2. The number of rotatable bonds is 6. The molecule has 0 aliphatic carbocycles.